The van der Waals surface area contributed by atoms with E-state index < -0.39 is 0 Å². The topological polar surface area (TPSA) is 28.7 Å². The molecule has 0 aliphatic carbocycles. The van der Waals surface area contributed by atoms with Crippen LogP contribution in [-0.4, -0.2) is 15.2 Å². The smallest absolute Gasteiger partial charge is 0.130 e. The molecular weight excluding hydrogens is 272 g/mol. The van der Waals surface area contributed by atoms with Gasteiger partial charge in [0, 0.05) is 10.9 Å². The molecule has 0 saturated heterocycles. The third-order valence-electron chi connectivity index (χ3n) is 2.96. The van der Waals surface area contributed by atoms with E-state index in [4.69, 9.17) is 12.2 Å². The predicted octanol–water partition coefficient (Wildman–Crippen LogP) is 4.84. The summed E-state index contributed by atoms with van der Waals surface area (Å²) in [5.41, 5.74) is 2.19. The SMILES string of the molecule is CCC(C)SCc1nc(=S)cc(-c2ccccc2)[nH]1. The van der Waals surface area contributed by atoms with Gasteiger partial charge < -0.3 is 4.98 Å². The number of hydrogen-bond acceptors (Lipinski definition) is 3. The first kappa shape index (κ1) is 14.3. The Labute approximate surface area is 123 Å². The highest BCUT2D eigenvalue weighted by Gasteiger charge is 2.04. The molecule has 0 aliphatic rings. The molecule has 0 radical (unpaired) electrons. The van der Waals surface area contributed by atoms with E-state index in [1.165, 1.54) is 6.42 Å². The van der Waals surface area contributed by atoms with Crippen molar-refractivity contribution in [3.8, 4) is 11.3 Å². The summed E-state index contributed by atoms with van der Waals surface area (Å²) < 4.78 is 0.650. The fraction of sp³-hybridized carbons (Fsp3) is 0.333. The number of thioether (sulfide) groups is 1. The molecule has 0 saturated carbocycles. The summed E-state index contributed by atoms with van der Waals surface area (Å²) >= 11 is 7.16. The van der Waals surface area contributed by atoms with E-state index in [-0.39, 0.29) is 0 Å². The standard InChI is InChI=1S/C15H18N2S2/c1-3-11(2)19-10-14-16-13(9-15(18)17-14)12-7-5-4-6-8-12/h4-9,11H,3,10H2,1-2H3,(H,16,17,18). The zero-order valence-corrected chi connectivity index (χ0v) is 12.9. The summed E-state index contributed by atoms with van der Waals surface area (Å²) in [6.45, 7) is 4.44. The van der Waals surface area contributed by atoms with Crippen molar-refractivity contribution < 1.29 is 0 Å². The second kappa shape index (κ2) is 6.87. The van der Waals surface area contributed by atoms with E-state index in [1.54, 1.807) is 0 Å². The summed E-state index contributed by atoms with van der Waals surface area (Å²) in [4.78, 5) is 7.79. The molecule has 1 N–H and O–H groups in total. The quantitative estimate of drug-likeness (QED) is 0.799. The Morgan fingerprint density at radius 1 is 1.32 bits per heavy atom. The third-order valence-corrected chi connectivity index (χ3v) is 4.51. The molecule has 1 heterocycles. The normalized spacial score (nSPS) is 12.3. The minimum absolute atomic E-state index is 0.643. The lowest BCUT2D eigenvalue weighted by molar-refractivity contribution is 0.901. The number of H-pyrrole nitrogens is 1. The van der Waals surface area contributed by atoms with Crippen LogP contribution < -0.4 is 0 Å². The number of aromatic nitrogens is 2. The molecule has 1 atom stereocenters. The average Bonchev–Trinajstić information content (AvgIpc) is 2.45. The van der Waals surface area contributed by atoms with Crippen LogP contribution in [0.15, 0.2) is 36.4 Å². The van der Waals surface area contributed by atoms with Gasteiger partial charge in [-0.05, 0) is 18.1 Å². The first-order valence-electron chi connectivity index (χ1n) is 6.46. The van der Waals surface area contributed by atoms with E-state index in [9.17, 15) is 0 Å². The molecule has 0 fully saturated rings. The van der Waals surface area contributed by atoms with Crippen molar-refractivity contribution >= 4 is 24.0 Å². The van der Waals surface area contributed by atoms with Crippen molar-refractivity contribution in [2.24, 2.45) is 0 Å². The van der Waals surface area contributed by atoms with Gasteiger partial charge in [-0.1, -0.05) is 56.4 Å². The molecule has 1 aromatic heterocycles. The van der Waals surface area contributed by atoms with Crippen molar-refractivity contribution in [3.05, 3.63) is 46.9 Å². The summed E-state index contributed by atoms with van der Waals surface area (Å²) in [5.74, 6) is 1.83. The molecule has 0 bridgehead atoms. The largest absolute Gasteiger partial charge is 0.342 e. The van der Waals surface area contributed by atoms with Gasteiger partial charge in [-0.3, -0.25) is 0 Å². The molecule has 2 nitrogen and oxygen atoms in total. The number of nitrogens with one attached hydrogen (secondary N) is 1. The third kappa shape index (κ3) is 4.18. The maximum atomic E-state index is 5.25. The monoisotopic (exact) mass is 290 g/mol. The van der Waals surface area contributed by atoms with Gasteiger partial charge in [0.05, 0.1) is 5.75 Å². The van der Waals surface area contributed by atoms with Crippen LogP contribution in [0.2, 0.25) is 0 Å². The fourth-order valence-electron chi connectivity index (χ4n) is 1.69. The number of benzene rings is 1. The first-order valence-corrected chi connectivity index (χ1v) is 7.92. The minimum atomic E-state index is 0.643. The van der Waals surface area contributed by atoms with E-state index in [2.05, 4.69) is 35.9 Å². The van der Waals surface area contributed by atoms with Crippen molar-refractivity contribution in [1.29, 1.82) is 0 Å². The molecule has 1 unspecified atom stereocenters. The molecule has 19 heavy (non-hydrogen) atoms. The lowest BCUT2D eigenvalue weighted by atomic mass is 10.1. The molecule has 100 valence electrons. The zero-order valence-electron chi connectivity index (χ0n) is 11.2. The van der Waals surface area contributed by atoms with Gasteiger partial charge >= 0.3 is 0 Å². The van der Waals surface area contributed by atoms with Crippen LogP contribution in [0.5, 0.6) is 0 Å². The highest BCUT2D eigenvalue weighted by molar-refractivity contribution is 7.99. The van der Waals surface area contributed by atoms with Gasteiger partial charge in [0.2, 0.25) is 0 Å². The Morgan fingerprint density at radius 3 is 2.74 bits per heavy atom. The highest BCUT2D eigenvalue weighted by atomic mass is 32.2. The first-order chi connectivity index (χ1) is 9.19. The van der Waals surface area contributed by atoms with Crippen molar-refractivity contribution in [3.63, 3.8) is 0 Å². The van der Waals surface area contributed by atoms with Crippen LogP contribution in [0.1, 0.15) is 26.1 Å². The average molecular weight is 290 g/mol. The van der Waals surface area contributed by atoms with Crippen LogP contribution in [0.3, 0.4) is 0 Å². The Kier molecular flexibility index (Phi) is 5.16. The molecule has 2 rings (SSSR count). The molecular formula is C15H18N2S2. The van der Waals surface area contributed by atoms with Crippen molar-refractivity contribution in [1.82, 2.24) is 9.97 Å². The molecule has 4 heteroatoms. The lowest BCUT2D eigenvalue weighted by Crippen LogP contribution is -1.99. The second-order valence-corrected chi connectivity index (χ2v) is 6.32. The summed E-state index contributed by atoms with van der Waals surface area (Å²) in [5, 5.41) is 0.643. The lowest BCUT2D eigenvalue weighted by Gasteiger charge is -2.09. The summed E-state index contributed by atoms with van der Waals surface area (Å²) in [7, 11) is 0. The maximum Gasteiger partial charge on any atom is 0.130 e. The number of nitrogens with zero attached hydrogens (tertiary/aromatic N) is 1. The summed E-state index contributed by atoms with van der Waals surface area (Å²) in [6, 6.07) is 12.1. The Morgan fingerprint density at radius 2 is 2.05 bits per heavy atom. The number of hydrogen-bond donors (Lipinski definition) is 1. The fourth-order valence-corrected chi connectivity index (χ4v) is 2.73. The molecule has 0 amide bonds. The van der Waals surface area contributed by atoms with E-state index >= 15 is 0 Å². The number of aromatic amines is 1. The maximum absolute atomic E-state index is 5.25. The molecule has 1 aromatic carbocycles. The molecule has 0 spiro atoms. The van der Waals surface area contributed by atoms with Crippen LogP contribution in [0.25, 0.3) is 11.3 Å². The second-order valence-electron chi connectivity index (χ2n) is 4.48. The van der Waals surface area contributed by atoms with Gasteiger partial charge in [-0.2, -0.15) is 11.8 Å². The highest BCUT2D eigenvalue weighted by Crippen LogP contribution is 2.20. The van der Waals surface area contributed by atoms with Crippen LogP contribution in [-0.2, 0) is 5.75 Å². The van der Waals surface area contributed by atoms with E-state index in [0.29, 0.717) is 9.89 Å². The van der Waals surface area contributed by atoms with Crippen molar-refractivity contribution in [2.45, 2.75) is 31.3 Å². The van der Waals surface area contributed by atoms with Crippen LogP contribution in [0, 0.1) is 4.64 Å². The van der Waals surface area contributed by atoms with E-state index in [1.807, 2.05) is 36.0 Å². The molecule has 0 aliphatic heterocycles. The Bertz CT molecular complexity index is 578. The summed E-state index contributed by atoms with van der Waals surface area (Å²) in [6.07, 6.45) is 1.17. The van der Waals surface area contributed by atoms with Gasteiger partial charge in [0.25, 0.3) is 0 Å². The molecule has 2 aromatic rings. The van der Waals surface area contributed by atoms with Crippen molar-refractivity contribution in [2.75, 3.05) is 0 Å². The van der Waals surface area contributed by atoms with Crippen LogP contribution >= 0.6 is 24.0 Å². The van der Waals surface area contributed by atoms with Gasteiger partial charge in [-0.25, -0.2) is 4.98 Å². The Balaban J connectivity index is 2.23. The number of rotatable bonds is 5. The zero-order chi connectivity index (χ0) is 13.7. The van der Waals surface area contributed by atoms with Crippen LogP contribution in [0.4, 0.5) is 0 Å². The predicted molar refractivity (Wildman–Crippen MR) is 85.9 cm³/mol. The van der Waals surface area contributed by atoms with Gasteiger partial charge in [0.1, 0.15) is 10.5 Å². The Hall–Kier alpha value is -1.13. The van der Waals surface area contributed by atoms with E-state index in [0.717, 1.165) is 22.8 Å². The minimum Gasteiger partial charge on any atom is -0.342 e. The van der Waals surface area contributed by atoms with Gasteiger partial charge in [0.15, 0.2) is 0 Å². The van der Waals surface area contributed by atoms with Gasteiger partial charge in [-0.15, -0.1) is 0 Å².